The molecule has 6 atom stereocenters. The minimum Gasteiger partial charge on any atom is -0.462 e. The van der Waals surface area contributed by atoms with Crippen molar-refractivity contribution in [3.8, 4) is 0 Å². The molecule has 0 rings (SSSR count). The molecule has 0 aliphatic carbocycles. The topological polar surface area (TPSA) is 237 Å². The van der Waals surface area contributed by atoms with E-state index < -0.39 is 97.5 Å². The maximum atomic E-state index is 13.0. The summed E-state index contributed by atoms with van der Waals surface area (Å²) in [6, 6.07) is 0. The van der Waals surface area contributed by atoms with Crippen LogP contribution in [-0.2, 0) is 65.4 Å². The first-order valence-electron chi connectivity index (χ1n) is 35.5. The maximum absolute atomic E-state index is 13.0. The van der Waals surface area contributed by atoms with Crippen molar-refractivity contribution in [1.82, 2.24) is 0 Å². The van der Waals surface area contributed by atoms with E-state index in [2.05, 4.69) is 41.5 Å². The van der Waals surface area contributed by atoms with E-state index >= 15 is 0 Å². The fourth-order valence-corrected chi connectivity index (χ4v) is 11.8. The Balaban J connectivity index is 5.18. The van der Waals surface area contributed by atoms with E-state index in [1.54, 1.807) is 0 Å². The molecule has 0 fully saturated rings. The lowest BCUT2D eigenvalue weighted by Gasteiger charge is -2.21. The van der Waals surface area contributed by atoms with Crippen molar-refractivity contribution in [3.63, 3.8) is 0 Å². The van der Waals surface area contributed by atoms with Gasteiger partial charge in [-0.1, -0.05) is 292 Å². The van der Waals surface area contributed by atoms with Gasteiger partial charge in [0.1, 0.15) is 19.3 Å². The predicted octanol–water partition coefficient (Wildman–Crippen LogP) is 19.2. The highest BCUT2D eigenvalue weighted by atomic mass is 31.2. The number of phosphoric acid groups is 2. The van der Waals surface area contributed by atoms with E-state index in [0.717, 1.165) is 109 Å². The number of carbonyl (C=O) groups excluding carboxylic acids is 4. The number of hydrogen-bond acceptors (Lipinski definition) is 15. The predicted molar refractivity (Wildman–Crippen MR) is 349 cm³/mol. The van der Waals surface area contributed by atoms with Gasteiger partial charge in [0.2, 0.25) is 0 Å². The fraction of sp³-hybridized carbons (Fsp3) is 0.941. The highest BCUT2D eigenvalue weighted by Gasteiger charge is 2.30. The zero-order valence-corrected chi connectivity index (χ0v) is 58.1. The fourth-order valence-electron chi connectivity index (χ4n) is 10.2. The number of rotatable bonds is 67. The van der Waals surface area contributed by atoms with Gasteiger partial charge in [0, 0.05) is 25.7 Å². The number of ether oxygens (including phenoxy) is 4. The Morgan fingerprint density at radius 3 is 0.874 bits per heavy atom. The minimum atomic E-state index is -4.95. The Morgan fingerprint density at radius 2 is 0.586 bits per heavy atom. The van der Waals surface area contributed by atoms with Gasteiger partial charge in [-0.3, -0.25) is 37.3 Å². The van der Waals surface area contributed by atoms with Crippen LogP contribution in [0.1, 0.15) is 343 Å². The smallest absolute Gasteiger partial charge is 0.462 e. The molecule has 516 valence electrons. The summed E-state index contributed by atoms with van der Waals surface area (Å²) in [6.07, 6.45) is 44.7. The quantitative estimate of drug-likeness (QED) is 0.0222. The lowest BCUT2D eigenvalue weighted by Crippen LogP contribution is -2.30. The SMILES string of the molecule is CCCCCCCCCCCCCCCC(=O)OC[C@H](COP(=O)(O)OC[C@@H](O)COP(=O)(O)OC[C@@H](COC(=O)CCCCCCCCC)OC(=O)CCCCCCCCC(C)C)OC(=O)CCCCCCCCCCCCCCCCC(C)CC. The van der Waals surface area contributed by atoms with Crippen molar-refractivity contribution in [2.75, 3.05) is 39.6 Å². The molecule has 87 heavy (non-hydrogen) atoms. The second-order valence-corrected chi connectivity index (χ2v) is 28.2. The van der Waals surface area contributed by atoms with Crippen molar-refractivity contribution in [1.29, 1.82) is 0 Å². The summed E-state index contributed by atoms with van der Waals surface area (Å²) in [5.41, 5.74) is 0. The molecule has 0 aromatic rings. The van der Waals surface area contributed by atoms with Crippen molar-refractivity contribution in [2.45, 2.75) is 362 Å². The first-order chi connectivity index (χ1) is 41.9. The Hall–Kier alpha value is -1.94. The summed E-state index contributed by atoms with van der Waals surface area (Å²) in [5, 5.41) is 10.5. The largest absolute Gasteiger partial charge is 0.472 e. The molecular formula is C68H132O17P2. The molecule has 0 amide bonds. The molecule has 3 unspecified atom stereocenters. The van der Waals surface area contributed by atoms with Crippen molar-refractivity contribution < 1.29 is 80.2 Å². The first kappa shape index (κ1) is 85.1. The van der Waals surface area contributed by atoms with Gasteiger partial charge in [0.15, 0.2) is 12.2 Å². The monoisotopic (exact) mass is 1280 g/mol. The van der Waals surface area contributed by atoms with Crippen LogP contribution in [0.5, 0.6) is 0 Å². The standard InChI is InChI=1S/C68H132O17P2/c1-7-10-12-14-16-17-18-21-25-28-32-39-45-51-66(71)79-57-63(84-67(72)52-46-40-33-29-26-23-20-19-22-24-27-31-37-43-49-61(6)9-3)58-82-86(74,75)80-54-62(69)55-81-87(76,77)83-59-64(56-78-65(70)50-44-38-30-15-13-11-8-2)85-68(73)53-47-41-35-34-36-42-48-60(4)5/h60-64,69H,7-59H2,1-6H3,(H,74,75)(H,76,77)/t61?,62-,63-,64-/m1/s1. The van der Waals surface area contributed by atoms with E-state index in [1.807, 2.05) is 0 Å². The molecule has 0 heterocycles. The van der Waals surface area contributed by atoms with Crippen LogP contribution in [0.2, 0.25) is 0 Å². The first-order valence-corrected chi connectivity index (χ1v) is 38.5. The number of unbranched alkanes of at least 4 members (excludes halogenated alkanes) is 36. The van der Waals surface area contributed by atoms with Crippen LogP contribution in [-0.4, -0.2) is 96.7 Å². The molecule has 0 aliphatic rings. The zero-order chi connectivity index (χ0) is 64.3. The van der Waals surface area contributed by atoms with Crippen LogP contribution in [0, 0.1) is 11.8 Å². The van der Waals surface area contributed by atoms with Gasteiger partial charge in [0.25, 0.3) is 0 Å². The van der Waals surface area contributed by atoms with E-state index in [1.165, 1.54) is 148 Å². The Bertz CT molecular complexity index is 1700. The normalized spacial score (nSPS) is 14.5. The molecule has 0 aliphatic heterocycles. The van der Waals surface area contributed by atoms with Crippen molar-refractivity contribution in [2.24, 2.45) is 11.8 Å². The van der Waals surface area contributed by atoms with Crippen LogP contribution >= 0.6 is 15.6 Å². The van der Waals surface area contributed by atoms with E-state index in [9.17, 15) is 43.2 Å². The highest BCUT2D eigenvalue weighted by Crippen LogP contribution is 2.45. The van der Waals surface area contributed by atoms with Gasteiger partial charge in [0.05, 0.1) is 26.4 Å². The number of aliphatic hydroxyl groups excluding tert-OH is 1. The summed E-state index contributed by atoms with van der Waals surface area (Å²) in [6.45, 7) is 9.45. The van der Waals surface area contributed by atoms with Crippen LogP contribution in [0.25, 0.3) is 0 Å². The van der Waals surface area contributed by atoms with Gasteiger partial charge < -0.3 is 33.8 Å². The number of carbonyl (C=O) groups is 4. The summed E-state index contributed by atoms with van der Waals surface area (Å²) in [4.78, 5) is 72.2. The average molecular weight is 1280 g/mol. The third-order valence-corrected chi connectivity index (χ3v) is 18.0. The van der Waals surface area contributed by atoms with Gasteiger partial charge in [-0.05, 0) is 37.5 Å². The molecule has 0 saturated carbocycles. The second kappa shape index (κ2) is 60.3. The van der Waals surface area contributed by atoms with Gasteiger partial charge in [-0.15, -0.1) is 0 Å². The van der Waals surface area contributed by atoms with Gasteiger partial charge in [-0.2, -0.15) is 0 Å². The van der Waals surface area contributed by atoms with Crippen LogP contribution < -0.4 is 0 Å². The molecule has 17 nitrogen and oxygen atoms in total. The second-order valence-electron chi connectivity index (χ2n) is 25.3. The lowest BCUT2D eigenvalue weighted by atomic mass is 9.99. The van der Waals surface area contributed by atoms with Crippen LogP contribution in [0.4, 0.5) is 0 Å². The summed E-state index contributed by atoms with van der Waals surface area (Å²) >= 11 is 0. The van der Waals surface area contributed by atoms with Gasteiger partial charge in [-0.25, -0.2) is 9.13 Å². The number of esters is 4. The number of aliphatic hydroxyl groups is 1. The zero-order valence-electron chi connectivity index (χ0n) is 56.3. The van der Waals surface area contributed by atoms with Gasteiger partial charge >= 0.3 is 39.5 Å². The molecule has 0 aromatic carbocycles. The van der Waals surface area contributed by atoms with Crippen molar-refractivity contribution in [3.05, 3.63) is 0 Å². The Labute approximate surface area is 530 Å². The van der Waals surface area contributed by atoms with Crippen LogP contribution in [0.15, 0.2) is 0 Å². The van der Waals surface area contributed by atoms with Crippen LogP contribution in [0.3, 0.4) is 0 Å². The third kappa shape index (κ3) is 61.3. The summed E-state index contributed by atoms with van der Waals surface area (Å²) < 4.78 is 68.0. The molecule has 0 aromatic heterocycles. The molecule has 19 heteroatoms. The van der Waals surface area contributed by atoms with E-state index in [4.69, 9.17) is 37.0 Å². The third-order valence-electron chi connectivity index (χ3n) is 16.1. The number of hydrogen-bond donors (Lipinski definition) is 3. The molecule has 0 spiro atoms. The molecule has 0 radical (unpaired) electrons. The minimum absolute atomic E-state index is 0.102. The number of phosphoric ester groups is 2. The van der Waals surface area contributed by atoms with E-state index in [0.29, 0.717) is 31.6 Å². The molecule has 0 saturated heterocycles. The molecular weight excluding hydrogens is 1150 g/mol. The Kier molecular flexibility index (Phi) is 59.0. The summed E-state index contributed by atoms with van der Waals surface area (Å²) in [7, 11) is -9.89. The van der Waals surface area contributed by atoms with Crippen molar-refractivity contribution >= 4 is 39.5 Å². The molecule has 3 N–H and O–H groups in total. The highest BCUT2D eigenvalue weighted by molar-refractivity contribution is 7.47. The summed E-state index contributed by atoms with van der Waals surface area (Å²) in [5.74, 6) is -0.619. The van der Waals surface area contributed by atoms with E-state index in [-0.39, 0.29) is 25.7 Å². The maximum Gasteiger partial charge on any atom is 0.472 e. The molecule has 0 bridgehead atoms. The Morgan fingerprint density at radius 1 is 0.333 bits per heavy atom. The lowest BCUT2D eigenvalue weighted by molar-refractivity contribution is -0.161. The average Bonchev–Trinajstić information content (AvgIpc) is 3.57.